The van der Waals surface area contributed by atoms with Crippen LogP contribution in [-0.4, -0.2) is 14.3 Å². The number of nitriles is 1. The van der Waals surface area contributed by atoms with E-state index in [0.717, 1.165) is 36.9 Å². The zero-order chi connectivity index (χ0) is 33.4. The number of rotatable bonds is 19. The summed E-state index contributed by atoms with van der Waals surface area (Å²) in [5.41, 5.74) is 2.75. The van der Waals surface area contributed by atoms with Crippen molar-refractivity contribution in [1.82, 2.24) is 9.38 Å². The van der Waals surface area contributed by atoms with Crippen molar-refractivity contribution >= 4 is 22.8 Å². The van der Waals surface area contributed by atoms with Crippen LogP contribution in [0.1, 0.15) is 107 Å². The molecule has 0 amide bonds. The van der Waals surface area contributed by atoms with E-state index in [4.69, 9.17) is 0 Å². The number of H-pyrrole nitrogens is 1. The van der Waals surface area contributed by atoms with Crippen LogP contribution in [0.4, 0.5) is 17.2 Å². The monoisotopic (exact) mass is 634 g/mol. The van der Waals surface area contributed by atoms with Crippen LogP contribution in [0.2, 0.25) is 0 Å². The second-order valence-electron chi connectivity index (χ2n) is 12.2. The summed E-state index contributed by atoms with van der Waals surface area (Å²) in [6.07, 6.45) is 21.2. The van der Waals surface area contributed by atoms with Crippen molar-refractivity contribution in [2.45, 2.75) is 104 Å². The first-order valence-corrected chi connectivity index (χ1v) is 17.0. The van der Waals surface area contributed by atoms with Crippen LogP contribution in [0.15, 0.2) is 81.8 Å². The highest BCUT2D eigenvalue weighted by atomic mass is 16.6. The minimum atomic E-state index is -0.509. The number of aromatic nitrogens is 2. The first-order chi connectivity index (χ1) is 22.9. The Morgan fingerprint density at radius 1 is 0.894 bits per heavy atom. The normalized spacial score (nSPS) is 11.6. The summed E-state index contributed by atoms with van der Waals surface area (Å²) in [6.45, 7) is 4.01. The number of unbranched alkanes of at least 4 members (excludes halogenated alkanes) is 11. The lowest BCUT2D eigenvalue weighted by Crippen LogP contribution is -2.14. The lowest BCUT2D eigenvalue weighted by Gasteiger charge is -2.05. The fourth-order valence-corrected chi connectivity index (χ4v) is 5.86. The number of allylic oxidation sites excluding steroid dienone is 2. The molecule has 2 heterocycles. The summed E-state index contributed by atoms with van der Waals surface area (Å²) in [7, 11) is 0. The molecule has 4 rings (SSSR count). The molecule has 0 atom stereocenters. The highest BCUT2D eigenvalue weighted by molar-refractivity contribution is 5.87. The molecule has 9 heteroatoms. The van der Waals surface area contributed by atoms with Gasteiger partial charge in [-0.1, -0.05) is 107 Å². The van der Waals surface area contributed by atoms with E-state index in [2.05, 4.69) is 40.4 Å². The van der Waals surface area contributed by atoms with Gasteiger partial charge in [0.15, 0.2) is 11.5 Å². The second kappa shape index (κ2) is 18.3. The van der Waals surface area contributed by atoms with Crippen LogP contribution < -0.4 is 5.56 Å². The number of nitrogens with zero attached hydrogens (tertiary/aromatic N) is 5. The SMILES string of the molecule is CCCCCCCC/C=C/CCCCCCCc1cc(=O)n2c(N=Nc3ccc(C)cc3[N+](=O)[O-])c(-c3ccccc3)c(C#N)c2[nH]1. The number of aromatic amines is 1. The van der Waals surface area contributed by atoms with Gasteiger partial charge < -0.3 is 4.98 Å². The number of nitro groups is 1. The molecular weight excluding hydrogens is 588 g/mol. The van der Waals surface area contributed by atoms with Gasteiger partial charge in [0, 0.05) is 23.4 Å². The highest BCUT2D eigenvalue weighted by Gasteiger charge is 2.23. The smallest absolute Gasteiger partial charge is 0.296 e. The molecule has 0 aliphatic heterocycles. The molecule has 246 valence electrons. The predicted molar refractivity (Wildman–Crippen MR) is 189 cm³/mol. The van der Waals surface area contributed by atoms with Crippen molar-refractivity contribution in [3.8, 4) is 17.2 Å². The van der Waals surface area contributed by atoms with Crippen LogP contribution in [0.25, 0.3) is 16.8 Å². The number of nitro benzene ring substituents is 1. The van der Waals surface area contributed by atoms with Crippen molar-refractivity contribution in [2.75, 3.05) is 0 Å². The third kappa shape index (κ3) is 9.82. The largest absolute Gasteiger partial charge is 0.343 e. The van der Waals surface area contributed by atoms with Crippen molar-refractivity contribution < 1.29 is 4.92 Å². The maximum absolute atomic E-state index is 13.5. The van der Waals surface area contributed by atoms with Gasteiger partial charge in [-0.05, 0) is 62.6 Å². The minimum Gasteiger partial charge on any atom is -0.343 e. The van der Waals surface area contributed by atoms with E-state index in [1.165, 1.54) is 74.3 Å². The van der Waals surface area contributed by atoms with Crippen LogP contribution >= 0.6 is 0 Å². The maximum atomic E-state index is 13.5. The fourth-order valence-electron chi connectivity index (χ4n) is 5.86. The van der Waals surface area contributed by atoms with E-state index in [9.17, 15) is 20.2 Å². The summed E-state index contributed by atoms with van der Waals surface area (Å²) in [5.74, 6) is 0.145. The predicted octanol–water partition coefficient (Wildman–Crippen LogP) is 11.0. The summed E-state index contributed by atoms with van der Waals surface area (Å²) in [6, 6.07) is 17.7. The molecule has 0 saturated carbocycles. The Labute approximate surface area is 277 Å². The number of hydrogen-bond acceptors (Lipinski definition) is 6. The molecule has 0 fully saturated rings. The van der Waals surface area contributed by atoms with Crippen molar-refractivity contribution in [3.05, 3.63) is 104 Å². The van der Waals surface area contributed by atoms with E-state index >= 15 is 0 Å². The quantitative estimate of drug-likeness (QED) is 0.0361. The van der Waals surface area contributed by atoms with Crippen LogP contribution in [-0.2, 0) is 6.42 Å². The molecule has 0 radical (unpaired) electrons. The van der Waals surface area contributed by atoms with Crippen molar-refractivity contribution in [1.29, 1.82) is 5.26 Å². The summed E-state index contributed by atoms with van der Waals surface area (Å²) in [5, 5.41) is 30.5. The minimum absolute atomic E-state index is 0.0605. The molecule has 1 N–H and O–H groups in total. The van der Waals surface area contributed by atoms with Crippen molar-refractivity contribution in [3.63, 3.8) is 0 Å². The van der Waals surface area contributed by atoms with Gasteiger partial charge in [-0.25, -0.2) is 4.40 Å². The molecule has 0 spiro atoms. The molecule has 0 bridgehead atoms. The number of benzene rings is 2. The molecule has 47 heavy (non-hydrogen) atoms. The van der Waals surface area contributed by atoms with E-state index in [-0.39, 0.29) is 28.3 Å². The average molecular weight is 635 g/mol. The zero-order valence-electron chi connectivity index (χ0n) is 27.7. The van der Waals surface area contributed by atoms with Gasteiger partial charge >= 0.3 is 0 Å². The molecule has 0 aliphatic carbocycles. The molecule has 0 aliphatic rings. The number of hydrogen-bond donors (Lipinski definition) is 1. The first-order valence-electron chi connectivity index (χ1n) is 17.0. The molecule has 0 unspecified atom stereocenters. The zero-order valence-corrected chi connectivity index (χ0v) is 27.7. The lowest BCUT2D eigenvalue weighted by molar-refractivity contribution is -0.384. The van der Waals surface area contributed by atoms with Gasteiger partial charge in [-0.3, -0.25) is 14.9 Å². The van der Waals surface area contributed by atoms with Crippen LogP contribution in [0.3, 0.4) is 0 Å². The Bertz CT molecular complexity index is 1780. The van der Waals surface area contributed by atoms with Crippen LogP contribution in [0, 0.1) is 28.4 Å². The highest BCUT2D eigenvalue weighted by Crippen LogP contribution is 2.39. The molecule has 2 aromatic heterocycles. The molecule has 9 nitrogen and oxygen atoms in total. The molecule has 0 saturated heterocycles. The summed E-state index contributed by atoms with van der Waals surface area (Å²) in [4.78, 5) is 28.0. The first kappa shape index (κ1) is 35.0. The Balaban J connectivity index is 1.43. The number of azo groups is 1. The molecule has 4 aromatic rings. The van der Waals surface area contributed by atoms with Gasteiger partial charge in [0.2, 0.25) is 0 Å². The number of aryl methyl sites for hydroxylation is 2. The fraction of sp³-hybridized carbons (Fsp3) is 0.421. The van der Waals surface area contributed by atoms with E-state index in [1.54, 1.807) is 19.1 Å². The number of fused-ring (bicyclic) bond motifs is 1. The van der Waals surface area contributed by atoms with Gasteiger partial charge in [-0.15, -0.1) is 10.2 Å². The van der Waals surface area contributed by atoms with E-state index < -0.39 is 4.92 Å². The van der Waals surface area contributed by atoms with E-state index in [0.29, 0.717) is 23.2 Å². The van der Waals surface area contributed by atoms with Crippen molar-refractivity contribution in [2.24, 2.45) is 10.2 Å². The standard InChI is InChI=1S/C38H46N6O3/c1-3-4-5-6-7-8-9-10-11-12-13-14-15-16-20-23-31-27-35(45)43-37(40-31)32(28-39)36(30-21-18-17-19-22-30)38(43)42-41-33-25-24-29(2)26-34(33)44(46)47/h10-11,17-19,21-22,24-27,40H,3-9,12-16,20,23H2,1-2H3/b11-10+,42-41?. The van der Waals surface area contributed by atoms with Crippen LogP contribution in [0.5, 0.6) is 0 Å². The Morgan fingerprint density at radius 3 is 2.21 bits per heavy atom. The molecular formula is C38H46N6O3. The van der Waals surface area contributed by atoms with E-state index in [1.807, 2.05) is 30.3 Å². The second-order valence-corrected chi connectivity index (χ2v) is 12.2. The maximum Gasteiger partial charge on any atom is 0.296 e. The Kier molecular flexibility index (Phi) is 13.7. The number of nitrogens with one attached hydrogen (secondary N) is 1. The van der Waals surface area contributed by atoms with Gasteiger partial charge in [-0.2, -0.15) is 5.26 Å². The third-order valence-electron chi connectivity index (χ3n) is 8.41. The molecule has 2 aromatic carbocycles. The average Bonchev–Trinajstić information content (AvgIpc) is 3.39. The topological polar surface area (TPSA) is 129 Å². The summed E-state index contributed by atoms with van der Waals surface area (Å²) >= 11 is 0. The summed E-state index contributed by atoms with van der Waals surface area (Å²) < 4.78 is 1.34. The third-order valence-corrected chi connectivity index (χ3v) is 8.41. The Hall–Kier alpha value is -4.84. The van der Waals surface area contributed by atoms with Gasteiger partial charge in [0.25, 0.3) is 11.2 Å². The lowest BCUT2D eigenvalue weighted by atomic mass is 10.0. The van der Waals surface area contributed by atoms with Gasteiger partial charge in [0.1, 0.15) is 17.3 Å². The Morgan fingerprint density at radius 2 is 1.55 bits per heavy atom. The van der Waals surface area contributed by atoms with Gasteiger partial charge in [0.05, 0.1) is 4.92 Å².